The third kappa shape index (κ3) is 7.43. The molecule has 9 heteroatoms. The largest absolute Gasteiger partial charge is 0.497 e. The fourth-order valence-corrected chi connectivity index (χ4v) is 3.03. The van der Waals surface area contributed by atoms with Crippen molar-refractivity contribution in [1.82, 2.24) is 0 Å². The number of rotatable bonds is 10. The van der Waals surface area contributed by atoms with Gasteiger partial charge in [0.25, 0.3) is 11.8 Å². The molecule has 0 bridgehead atoms. The minimum absolute atomic E-state index is 0.196. The van der Waals surface area contributed by atoms with Crippen molar-refractivity contribution in [3.05, 3.63) is 83.9 Å². The van der Waals surface area contributed by atoms with E-state index < -0.39 is 18.5 Å². The second-order valence-electron chi connectivity index (χ2n) is 7.32. The van der Waals surface area contributed by atoms with Crippen LogP contribution in [0.3, 0.4) is 0 Å². The number of benzene rings is 3. The normalized spacial score (nSPS) is 10.1. The first-order valence-electron chi connectivity index (χ1n) is 10.6. The number of amides is 2. The minimum atomic E-state index is -0.706. The SMILES string of the molecule is COc1cccc(NC(=O)COc2ccc(C(=O)OCC(=O)Nc3ccccc3C(C)=O)cc2)c1. The molecule has 3 rings (SSSR count). The molecule has 0 radical (unpaired) electrons. The predicted octanol–water partition coefficient (Wildman–Crippen LogP) is 3.71. The molecule has 0 aliphatic heterocycles. The van der Waals surface area contributed by atoms with Crippen LogP contribution in [0.25, 0.3) is 0 Å². The van der Waals surface area contributed by atoms with E-state index in [0.717, 1.165) is 0 Å². The summed E-state index contributed by atoms with van der Waals surface area (Å²) >= 11 is 0. The van der Waals surface area contributed by atoms with Crippen LogP contribution < -0.4 is 20.1 Å². The van der Waals surface area contributed by atoms with Gasteiger partial charge in [-0.2, -0.15) is 0 Å². The number of anilines is 2. The maximum atomic E-state index is 12.2. The summed E-state index contributed by atoms with van der Waals surface area (Å²) in [5.74, 6) is -0.848. The molecule has 0 saturated heterocycles. The van der Waals surface area contributed by atoms with E-state index in [-0.39, 0.29) is 23.9 Å². The number of ketones is 1. The van der Waals surface area contributed by atoms with Crippen molar-refractivity contribution in [3.63, 3.8) is 0 Å². The van der Waals surface area contributed by atoms with Gasteiger partial charge in [-0.15, -0.1) is 0 Å². The molecule has 3 aromatic rings. The number of carbonyl (C=O) groups is 4. The monoisotopic (exact) mass is 476 g/mol. The molecule has 0 fully saturated rings. The summed E-state index contributed by atoms with van der Waals surface area (Å²) < 4.78 is 15.6. The second kappa shape index (κ2) is 12.0. The van der Waals surface area contributed by atoms with Crippen LogP contribution in [0.1, 0.15) is 27.6 Å². The number of hydrogen-bond acceptors (Lipinski definition) is 7. The Bertz CT molecular complexity index is 1220. The Morgan fingerprint density at radius 3 is 2.20 bits per heavy atom. The Morgan fingerprint density at radius 2 is 1.49 bits per heavy atom. The van der Waals surface area contributed by atoms with E-state index in [2.05, 4.69) is 10.6 Å². The number of nitrogens with one attached hydrogen (secondary N) is 2. The number of para-hydroxylation sites is 1. The molecule has 0 spiro atoms. The lowest BCUT2D eigenvalue weighted by Crippen LogP contribution is -2.22. The van der Waals surface area contributed by atoms with E-state index in [9.17, 15) is 19.2 Å². The topological polar surface area (TPSA) is 120 Å². The highest BCUT2D eigenvalue weighted by Gasteiger charge is 2.13. The Morgan fingerprint density at radius 1 is 0.771 bits per heavy atom. The van der Waals surface area contributed by atoms with Gasteiger partial charge >= 0.3 is 5.97 Å². The molecule has 0 saturated carbocycles. The van der Waals surface area contributed by atoms with Gasteiger partial charge < -0.3 is 24.8 Å². The highest BCUT2D eigenvalue weighted by Crippen LogP contribution is 2.18. The summed E-state index contributed by atoms with van der Waals surface area (Å²) in [5.41, 5.74) is 1.48. The molecule has 2 amide bonds. The van der Waals surface area contributed by atoms with Crippen molar-refractivity contribution < 1.29 is 33.4 Å². The van der Waals surface area contributed by atoms with Gasteiger partial charge in [-0.05, 0) is 55.5 Å². The van der Waals surface area contributed by atoms with Gasteiger partial charge in [-0.25, -0.2) is 4.79 Å². The number of hydrogen-bond donors (Lipinski definition) is 2. The Labute approximate surface area is 202 Å². The maximum absolute atomic E-state index is 12.2. The summed E-state index contributed by atoms with van der Waals surface area (Å²) in [7, 11) is 1.54. The van der Waals surface area contributed by atoms with Crippen molar-refractivity contribution in [2.45, 2.75) is 6.92 Å². The first kappa shape index (κ1) is 25.0. The van der Waals surface area contributed by atoms with Crippen molar-refractivity contribution >= 4 is 34.9 Å². The van der Waals surface area contributed by atoms with Gasteiger partial charge in [-0.3, -0.25) is 14.4 Å². The molecule has 3 aromatic carbocycles. The van der Waals surface area contributed by atoms with E-state index >= 15 is 0 Å². The van der Waals surface area contributed by atoms with E-state index in [4.69, 9.17) is 14.2 Å². The number of carbonyl (C=O) groups excluding carboxylic acids is 4. The summed E-state index contributed by atoms with van der Waals surface area (Å²) in [6.45, 7) is 0.641. The molecule has 0 aromatic heterocycles. The van der Waals surface area contributed by atoms with Crippen LogP contribution in [0.5, 0.6) is 11.5 Å². The quantitative estimate of drug-likeness (QED) is 0.338. The van der Waals surface area contributed by atoms with Crippen LogP contribution in [-0.2, 0) is 14.3 Å². The minimum Gasteiger partial charge on any atom is -0.497 e. The molecule has 0 heterocycles. The van der Waals surface area contributed by atoms with Gasteiger partial charge in [0, 0.05) is 17.3 Å². The van der Waals surface area contributed by atoms with Gasteiger partial charge in [0.15, 0.2) is 19.0 Å². The highest BCUT2D eigenvalue weighted by molar-refractivity contribution is 6.04. The number of ether oxygens (including phenoxy) is 3. The third-order valence-corrected chi connectivity index (χ3v) is 4.73. The van der Waals surface area contributed by atoms with Crippen LogP contribution in [-0.4, -0.2) is 43.9 Å². The first-order chi connectivity index (χ1) is 16.9. The molecule has 0 aliphatic carbocycles. The van der Waals surface area contributed by atoms with Crippen LogP contribution in [0.4, 0.5) is 11.4 Å². The average molecular weight is 476 g/mol. The Hall–Kier alpha value is -4.66. The maximum Gasteiger partial charge on any atom is 0.338 e. The molecule has 35 heavy (non-hydrogen) atoms. The lowest BCUT2D eigenvalue weighted by Gasteiger charge is -2.10. The lowest BCUT2D eigenvalue weighted by atomic mass is 10.1. The predicted molar refractivity (Wildman–Crippen MR) is 129 cm³/mol. The van der Waals surface area contributed by atoms with Gasteiger partial charge in [0.1, 0.15) is 11.5 Å². The molecular formula is C26H24N2O7. The molecule has 180 valence electrons. The smallest absolute Gasteiger partial charge is 0.338 e. The van der Waals surface area contributed by atoms with Crippen molar-refractivity contribution in [1.29, 1.82) is 0 Å². The zero-order valence-corrected chi connectivity index (χ0v) is 19.2. The summed E-state index contributed by atoms with van der Waals surface area (Å²) in [4.78, 5) is 48.1. The number of Topliss-reactive ketones (excluding diaryl/α,β-unsaturated/α-hetero) is 1. The molecule has 2 N–H and O–H groups in total. The Balaban J connectivity index is 1.46. The van der Waals surface area contributed by atoms with E-state index in [1.54, 1.807) is 48.5 Å². The molecular weight excluding hydrogens is 452 g/mol. The van der Waals surface area contributed by atoms with Crippen molar-refractivity contribution in [2.24, 2.45) is 0 Å². The molecule has 0 unspecified atom stereocenters. The molecule has 0 atom stereocenters. The van der Waals surface area contributed by atoms with E-state index in [1.165, 1.54) is 38.3 Å². The Kier molecular flexibility index (Phi) is 8.55. The summed E-state index contributed by atoms with van der Waals surface area (Å²) in [5, 5.41) is 5.25. The fraction of sp³-hybridized carbons (Fsp3) is 0.154. The van der Waals surface area contributed by atoms with Gasteiger partial charge in [0.2, 0.25) is 0 Å². The van der Waals surface area contributed by atoms with Crippen LogP contribution in [0.2, 0.25) is 0 Å². The van der Waals surface area contributed by atoms with Crippen LogP contribution in [0, 0.1) is 0 Å². The van der Waals surface area contributed by atoms with Gasteiger partial charge in [0.05, 0.1) is 18.4 Å². The number of methoxy groups -OCH3 is 1. The summed E-state index contributed by atoms with van der Waals surface area (Å²) in [6.07, 6.45) is 0. The van der Waals surface area contributed by atoms with Crippen molar-refractivity contribution in [3.8, 4) is 11.5 Å². The fourth-order valence-electron chi connectivity index (χ4n) is 3.03. The first-order valence-corrected chi connectivity index (χ1v) is 10.6. The van der Waals surface area contributed by atoms with Gasteiger partial charge in [-0.1, -0.05) is 18.2 Å². The highest BCUT2D eigenvalue weighted by atomic mass is 16.5. The standard InChI is InChI=1S/C26H24N2O7/c1-17(29)22-8-3-4-9-23(22)28-25(31)16-35-26(32)18-10-12-20(13-11-18)34-15-24(30)27-19-6-5-7-21(14-19)33-2/h3-14H,15-16H2,1-2H3,(H,27,30)(H,28,31). The summed E-state index contributed by atoms with van der Waals surface area (Å²) in [6, 6.07) is 19.4. The van der Waals surface area contributed by atoms with Crippen molar-refractivity contribution in [2.75, 3.05) is 31.0 Å². The molecule has 9 nitrogen and oxygen atoms in total. The number of esters is 1. The third-order valence-electron chi connectivity index (χ3n) is 4.73. The van der Waals surface area contributed by atoms with Crippen LogP contribution >= 0.6 is 0 Å². The van der Waals surface area contributed by atoms with E-state index in [1.807, 2.05) is 0 Å². The zero-order valence-electron chi connectivity index (χ0n) is 19.2. The van der Waals surface area contributed by atoms with Crippen LogP contribution in [0.15, 0.2) is 72.8 Å². The van der Waals surface area contributed by atoms with E-state index in [0.29, 0.717) is 28.4 Å². The zero-order chi connectivity index (χ0) is 25.2. The second-order valence-corrected chi connectivity index (χ2v) is 7.32. The molecule has 0 aliphatic rings. The average Bonchev–Trinajstić information content (AvgIpc) is 2.86. The lowest BCUT2D eigenvalue weighted by molar-refractivity contribution is -0.119.